The van der Waals surface area contributed by atoms with Crippen molar-refractivity contribution in [1.82, 2.24) is 5.32 Å². The number of thiocarbonyl (C=S) groups is 1. The third-order valence-corrected chi connectivity index (χ3v) is 3.98. The summed E-state index contributed by atoms with van der Waals surface area (Å²) in [7, 11) is 0. The molecule has 2 N–H and O–H groups in total. The van der Waals surface area contributed by atoms with Crippen LogP contribution in [0.2, 0.25) is 0 Å². The lowest BCUT2D eigenvalue weighted by molar-refractivity contribution is 0.0977. The molecule has 0 atom stereocenters. The summed E-state index contributed by atoms with van der Waals surface area (Å²) >= 11 is 7.36. The van der Waals surface area contributed by atoms with E-state index in [4.69, 9.17) is 21.7 Å². The average Bonchev–Trinajstić information content (AvgIpc) is 2.59. The molecule has 0 bridgehead atoms. The maximum atomic E-state index is 12.2. The highest BCUT2D eigenvalue weighted by molar-refractivity contribution is 14.1. The summed E-state index contributed by atoms with van der Waals surface area (Å²) in [6.45, 7) is 3.62. The second-order valence-corrected chi connectivity index (χ2v) is 6.65. The number of halogens is 1. The summed E-state index contributed by atoms with van der Waals surface area (Å²) in [5, 5.41) is 5.89. The zero-order chi connectivity index (χ0) is 18.1. The SMILES string of the molecule is CCOCCOc1cccc(NC(=S)NC(=O)c2cccc(I)c2)c1. The second kappa shape index (κ2) is 10.3. The van der Waals surface area contributed by atoms with Gasteiger partial charge in [0.15, 0.2) is 5.11 Å². The molecule has 0 saturated carbocycles. The third kappa shape index (κ3) is 6.97. The number of nitrogens with one attached hydrogen (secondary N) is 2. The van der Waals surface area contributed by atoms with Gasteiger partial charge in [0.1, 0.15) is 12.4 Å². The van der Waals surface area contributed by atoms with Crippen molar-refractivity contribution in [1.29, 1.82) is 0 Å². The molecule has 2 aromatic rings. The van der Waals surface area contributed by atoms with E-state index in [2.05, 4.69) is 33.2 Å². The van der Waals surface area contributed by atoms with Crippen LogP contribution < -0.4 is 15.4 Å². The summed E-state index contributed by atoms with van der Waals surface area (Å²) in [5.74, 6) is 0.455. The number of ether oxygens (including phenoxy) is 2. The van der Waals surface area contributed by atoms with Crippen LogP contribution in [-0.2, 0) is 4.74 Å². The Balaban J connectivity index is 1.88. The van der Waals surface area contributed by atoms with Crippen molar-refractivity contribution < 1.29 is 14.3 Å². The quantitative estimate of drug-likeness (QED) is 0.366. The predicted octanol–water partition coefficient (Wildman–Crippen LogP) is 3.83. The van der Waals surface area contributed by atoms with Crippen LogP contribution in [0.15, 0.2) is 48.5 Å². The first kappa shape index (κ1) is 19.6. The van der Waals surface area contributed by atoms with Crippen LogP contribution in [0.1, 0.15) is 17.3 Å². The minimum absolute atomic E-state index is 0.232. The van der Waals surface area contributed by atoms with Gasteiger partial charge in [-0.05, 0) is 72.1 Å². The molecule has 2 aromatic carbocycles. The number of benzene rings is 2. The monoisotopic (exact) mass is 470 g/mol. The summed E-state index contributed by atoms with van der Waals surface area (Å²) in [6, 6.07) is 14.7. The van der Waals surface area contributed by atoms with Crippen molar-refractivity contribution in [2.75, 3.05) is 25.1 Å². The van der Waals surface area contributed by atoms with E-state index in [1.165, 1.54) is 0 Å². The number of carbonyl (C=O) groups is 1. The molecular formula is C18H19IN2O3S. The van der Waals surface area contributed by atoms with Crippen molar-refractivity contribution in [3.8, 4) is 5.75 Å². The first-order valence-electron chi connectivity index (χ1n) is 7.77. The smallest absolute Gasteiger partial charge is 0.257 e. The topological polar surface area (TPSA) is 59.6 Å². The number of hydrogen-bond donors (Lipinski definition) is 2. The summed E-state index contributed by atoms with van der Waals surface area (Å²) < 4.78 is 11.8. The minimum atomic E-state index is -0.250. The molecule has 2 rings (SSSR count). The fourth-order valence-electron chi connectivity index (χ4n) is 1.99. The van der Waals surface area contributed by atoms with Gasteiger partial charge >= 0.3 is 0 Å². The summed E-state index contributed by atoms with van der Waals surface area (Å²) in [4.78, 5) is 12.2. The molecule has 0 fully saturated rings. The van der Waals surface area contributed by atoms with Gasteiger partial charge in [-0.15, -0.1) is 0 Å². The fourth-order valence-corrected chi connectivity index (χ4v) is 2.75. The summed E-state index contributed by atoms with van der Waals surface area (Å²) in [6.07, 6.45) is 0. The Kier molecular flexibility index (Phi) is 8.10. The molecule has 0 heterocycles. The molecule has 7 heteroatoms. The third-order valence-electron chi connectivity index (χ3n) is 3.11. The largest absolute Gasteiger partial charge is 0.491 e. The number of anilines is 1. The molecule has 1 amide bonds. The minimum Gasteiger partial charge on any atom is -0.491 e. The second-order valence-electron chi connectivity index (χ2n) is 4.99. The normalized spacial score (nSPS) is 10.2. The van der Waals surface area contributed by atoms with E-state index >= 15 is 0 Å². The van der Waals surface area contributed by atoms with Crippen molar-refractivity contribution in [2.24, 2.45) is 0 Å². The van der Waals surface area contributed by atoms with Gasteiger partial charge in [0, 0.05) is 27.5 Å². The molecule has 0 unspecified atom stereocenters. The predicted molar refractivity (Wildman–Crippen MR) is 111 cm³/mol. The first-order valence-corrected chi connectivity index (χ1v) is 9.25. The lowest BCUT2D eigenvalue weighted by Crippen LogP contribution is -2.34. The number of hydrogen-bond acceptors (Lipinski definition) is 4. The molecule has 0 aliphatic carbocycles. The Bertz CT molecular complexity index is 740. The number of amides is 1. The fraction of sp³-hybridized carbons (Fsp3) is 0.222. The van der Waals surface area contributed by atoms with Gasteiger partial charge in [0.2, 0.25) is 0 Å². The maximum Gasteiger partial charge on any atom is 0.257 e. The van der Waals surface area contributed by atoms with Crippen molar-refractivity contribution in [3.63, 3.8) is 0 Å². The van der Waals surface area contributed by atoms with Crippen LogP contribution >= 0.6 is 34.8 Å². The van der Waals surface area contributed by atoms with Crippen molar-refractivity contribution in [2.45, 2.75) is 6.92 Å². The van der Waals surface area contributed by atoms with E-state index < -0.39 is 0 Å². The van der Waals surface area contributed by atoms with Gasteiger partial charge < -0.3 is 14.8 Å². The molecule has 5 nitrogen and oxygen atoms in total. The van der Waals surface area contributed by atoms with E-state index in [1.807, 2.05) is 43.3 Å². The van der Waals surface area contributed by atoms with Gasteiger partial charge in [-0.3, -0.25) is 10.1 Å². The van der Waals surface area contributed by atoms with E-state index in [-0.39, 0.29) is 11.0 Å². The lowest BCUT2D eigenvalue weighted by Gasteiger charge is -2.11. The molecule has 132 valence electrons. The molecular weight excluding hydrogens is 451 g/mol. The Hall–Kier alpha value is -1.71. The van der Waals surface area contributed by atoms with Crippen molar-refractivity contribution in [3.05, 3.63) is 57.7 Å². The maximum absolute atomic E-state index is 12.2. The van der Waals surface area contributed by atoms with Gasteiger partial charge in [0.25, 0.3) is 5.91 Å². The zero-order valence-electron chi connectivity index (χ0n) is 13.8. The van der Waals surface area contributed by atoms with E-state index in [1.54, 1.807) is 12.1 Å². The average molecular weight is 470 g/mol. The van der Waals surface area contributed by atoms with Gasteiger partial charge in [-0.1, -0.05) is 12.1 Å². The van der Waals surface area contributed by atoms with Crippen LogP contribution in [0.25, 0.3) is 0 Å². The van der Waals surface area contributed by atoms with Crippen LogP contribution in [0.4, 0.5) is 5.69 Å². The summed E-state index contributed by atoms with van der Waals surface area (Å²) in [5.41, 5.74) is 1.30. The first-order chi connectivity index (χ1) is 12.1. The molecule has 25 heavy (non-hydrogen) atoms. The van der Waals surface area contributed by atoms with E-state index in [9.17, 15) is 4.79 Å². The van der Waals surface area contributed by atoms with Crippen molar-refractivity contribution >= 4 is 51.5 Å². The van der Waals surface area contributed by atoms with E-state index in [0.29, 0.717) is 31.1 Å². The Morgan fingerprint density at radius 3 is 2.72 bits per heavy atom. The van der Waals surface area contributed by atoms with Gasteiger partial charge in [0.05, 0.1) is 6.61 Å². The molecule has 0 aliphatic rings. The zero-order valence-corrected chi connectivity index (χ0v) is 16.7. The standard InChI is InChI=1S/C18H19IN2O3S/c1-2-23-9-10-24-16-8-4-7-15(12-16)20-18(25)21-17(22)13-5-3-6-14(19)11-13/h3-8,11-12H,2,9-10H2,1H3,(H2,20,21,22,25). The van der Waals surface area contributed by atoms with Crippen LogP contribution in [0.3, 0.4) is 0 Å². The number of rotatable bonds is 7. The Labute approximate surface area is 166 Å². The van der Waals surface area contributed by atoms with Gasteiger partial charge in [-0.2, -0.15) is 0 Å². The highest BCUT2D eigenvalue weighted by atomic mass is 127. The van der Waals surface area contributed by atoms with Crippen LogP contribution in [0.5, 0.6) is 5.75 Å². The molecule has 0 saturated heterocycles. The molecule has 0 aromatic heterocycles. The van der Waals surface area contributed by atoms with Gasteiger partial charge in [-0.25, -0.2) is 0 Å². The number of carbonyl (C=O) groups excluding carboxylic acids is 1. The highest BCUT2D eigenvalue weighted by Gasteiger charge is 2.08. The molecule has 0 spiro atoms. The Morgan fingerprint density at radius 1 is 1.16 bits per heavy atom. The Morgan fingerprint density at radius 2 is 1.96 bits per heavy atom. The molecule has 0 aliphatic heterocycles. The van der Waals surface area contributed by atoms with E-state index in [0.717, 1.165) is 9.26 Å². The lowest BCUT2D eigenvalue weighted by atomic mass is 10.2. The van der Waals surface area contributed by atoms with Crippen LogP contribution in [-0.4, -0.2) is 30.8 Å². The van der Waals surface area contributed by atoms with Crippen LogP contribution in [0, 0.1) is 3.57 Å². The molecule has 0 radical (unpaired) electrons. The highest BCUT2D eigenvalue weighted by Crippen LogP contribution is 2.17.